The van der Waals surface area contributed by atoms with Crippen LogP contribution in [0.25, 0.3) is 0 Å². The molecule has 0 amide bonds. The van der Waals surface area contributed by atoms with Crippen LogP contribution in [-0.4, -0.2) is 25.8 Å². The Morgan fingerprint density at radius 2 is 2.25 bits per heavy atom. The maximum absolute atomic E-state index is 11.3. The molecule has 0 fully saturated rings. The highest BCUT2D eigenvalue weighted by Gasteiger charge is 2.29. The molecule has 0 aromatic carbocycles. The fourth-order valence-corrected chi connectivity index (χ4v) is 1.94. The average Bonchev–Trinajstić information content (AvgIpc) is 2.15. The standard InChI is InChI=1S/C10H14N2O3S/c1-4-6-11-7(13)5-8(12-6)16-10(2,3)9(14)15/h5H,4H2,1-3H3,(H,14,15)(H,11,12,13). The zero-order valence-electron chi connectivity index (χ0n) is 9.40. The molecule has 16 heavy (non-hydrogen) atoms. The van der Waals surface area contributed by atoms with Gasteiger partial charge in [-0.1, -0.05) is 18.7 Å². The molecule has 2 N–H and O–H groups in total. The molecule has 0 atom stereocenters. The van der Waals surface area contributed by atoms with Crippen molar-refractivity contribution in [2.24, 2.45) is 0 Å². The van der Waals surface area contributed by atoms with Crippen molar-refractivity contribution in [2.45, 2.75) is 37.0 Å². The van der Waals surface area contributed by atoms with Crippen LogP contribution < -0.4 is 5.56 Å². The number of aromatic nitrogens is 2. The van der Waals surface area contributed by atoms with Crippen LogP contribution in [0.2, 0.25) is 0 Å². The van der Waals surface area contributed by atoms with Gasteiger partial charge in [-0.3, -0.25) is 9.59 Å². The monoisotopic (exact) mass is 242 g/mol. The lowest BCUT2D eigenvalue weighted by Gasteiger charge is -2.17. The number of carboxylic acid groups (broad SMARTS) is 1. The molecular formula is C10H14N2O3S. The van der Waals surface area contributed by atoms with E-state index in [2.05, 4.69) is 9.97 Å². The normalized spacial score (nSPS) is 11.4. The minimum atomic E-state index is -0.994. The van der Waals surface area contributed by atoms with Crippen LogP contribution >= 0.6 is 11.8 Å². The number of carboxylic acids is 1. The van der Waals surface area contributed by atoms with Gasteiger partial charge in [0, 0.05) is 12.5 Å². The number of aliphatic carboxylic acids is 1. The lowest BCUT2D eigenvalue weighted by Crippen LogP contribution is -2.27. The third-order valence-corrected chi connectivity index (χ3v) is 3.08. The Bertz CT molecular complexity index is 454. The number of aromatic amines is 1. The number of carbonyl (C=O) groups is 1. The number of nitrogens with one attached hydrogen (secondary N) is 1. The van der Waals surface area contributed by atoms with E-state index in [0.717, 1.165) is 11.8 Å². The van der Waals surface area contributed by atoms with Crippen LogP contribution in [0.1, 0.15) is 26.6 Å². The molecule has 0 aliphatic rings. The molecule has 0 bridgehead atoms. The van der Waals surface area contributed by atoms with E-state index in [1.807, 2.05) is 6.92 Å². The van der Waals surface area contributed by atoms with Gasteiger partial charge in [0.05, 0.1) is 0 Å². The molecular weight excluding hydrogens is 228 g/mol. The topological polar surface area (TPSA) is 83.0 Å². The largest absolute Gasteiger partial charge is 0.480 e. The number of aryl methyl sites for hydroxylation is 1. The van der Waals surface area contributed by atoms with E-state index in [1.54, 1.807) is 13.8 Å². The van der Waals surface area contributed by atoms with Crippen LogP contribution in [-0.2, 0) is 11.2 Å². The second-order valence-electron chi connectivity index (χ2n) is 3.80. The fourth-order valence-electron chi connectivity index (χ4n) is 1.01. The van der Waals surface area contributed by atoms with Gasteiger partial charge in [0.25, 0.3) is 5.56 Å². The maximum Gasteiger partial charge on any atom is 0.319 e. The lowest BCUT2D eigenvalue weighted by molar-refractivity contribution is -0.138. The van der Waals surface area contributed by atoms with E-state index in [1.165, 1.54) is 6.07 Å². The van der Waals surface area contributed by atoms with Crippen molar-refractivity contribution < 1.29 is 9.90 Å². The lowest BCUT2D eigenvalue weighted by atomic mass is 10.2. The first-order valence-corrected chi connectivity index (χ1v) is 5.69. The third-order valence-electron chi connectivity index (χ3n) is 1.98. The molecule has 1 rings (SSSR count). The molecule has 0 aliphatic carbocycles. The summed E-state index contributed by atoms with van der Waals surface area (Å²) in [7, 11) is 0. The number of nitrogens with zero attached hydrogens (tertiary/aromatic N) is 1. The Morgan fingerprint density at radius 1 is 1.62 bits per heavy atom. The average molecular weight is 242 g/mol. The molecule has 0 spiro atoms. The van der Waals surface area contributed by atoms with Crippen molar-refractivity contribution in [2.75, 3.05) is 0 Å². The first-order chi connectivity index (χ1) is 7.35. The van der Waals surface area contributed by atoms with Crippen LogP contribution in [0.3, 0.4) is 0 Å². The summed E-state index contributed by atoms with van der Waals surface area (Å²) in [6.07, 6.45) is 0.608. The zero-order chi connectivity index (χ0) is 12.3. The molecule has 0 aliphatic heterocycles. The summed E-state index contributed by atoms with van der Waals surface area (Å²) in [4.78, 5) is 28.9. The van der Waals surface area contributed by atoms with Crippen LogP contribution in [0.5, 0.6) is 0 Å². The van der Waals surface area contributed by atoms with Crippen LogP contribution in [0.4, 0.5) is 0 Å². The van der Waals surface area contributed by atoms with Crippen LogP contribution in [0, 0.1) is 0 Å². The molecule has 1 aromatic heterocycles. The van der Waals surface area contributed by atoms with Gasteiger partial charge in [-0.15, -0.1) is 0 Å². The maximum atomic E-state index is 11.3. The summed E-state index contributed by atoms with van der Waals surface area (Å²) in [5.41, 5.74) is -0.254. The molecule has 1 heterocycles. The Kier molecular flexibility index (Phi) is 3.74. The second-order valence-corrected chi connectivity index (χ2v) is 5.44. The SMILES string of the molecule is CCc1nc(SC(C)(C)C(=O)O)cc(=O)[nH]1. The van der Waals surface area contributed by atoms with E-state index >= 15 is 0 Å². The summed E-state index contributed by atoms with van der Waals surface area (Å²) in [5.74, 6) is -0.367. The Morgan fingerprint density at radius 3 is 2.75 bits per heavy atom. The highest BCUT2D eigenvalue weighted by molar-refractivity contribution is 8.01. The first-order valence-electron chi connectivity index (χ1n) is 4.88. The predicted octanol–water partition coefficient (Wildman–Crippen LogP) is 1.29. The van der Waals surface area contributed by atoms with Gasteiger partial charge in [0.15, 0.2) is 0 Å². The number of rotatable bonds is 4. The number of hydrogen-bond acceptors (Lipinski definition) is 4. The van der Waals surface area contributed by atoms with Crippen molar-refractivity contribution in [1.82, 2.24) is 9.97 Å². The van der Waals surface area contributed by atoms with Crippen molar-refractivity contribution in [1.29, 1.82) is 0 Å². The number of hydrogen-bond donors (Lipinski definition) is 2. The second kappa shape index (κ2) is 4.69. The van der Waals surface area contributed by atoms with E-state index in [4.69, 9.17) is 5.11 Å². The van der Waals surface area contributed by atoms with Gasteiger partial charge >= 0.3 is 5.97 Å². The molecule has 0 saturated carbocycles. The Labute approximate surface area is 97.3 Å². The van der Waals surface area contributed by atoms with Gasteiger partial charge in [-0.25, -0.2) is 4.98 Å². The van der Waals surface area contributed by atoms with E-state index in [-0.39, 0.29) is 5.56 Å². The van der Waals surface area contributed by atoms with Crippen molar-refractivity contribution in [3.8, 4) is 0 Å². The molecule has 5 nitrogen and oxygen atoms in total. The smallest absolute Gasteiger partial charge is 0.319 e. The van der Waals surface area contributed by atoms with Gasteiger partial charge in [0.1, 0.15) is 15.6 Å². The fraction of sp³-hybridized carbons (Fsp3) is 0.500. The summed E-state index contributed by atoms with van der Waals surface area (Å²) in [6, 6.07) is 1.31. The van der Waals surface area contributed by atoms with Crippen molar-refractivity contribution in [3.05, 3.63) is 22.2 Å². The quantitative estimate of drug-likeness (QED) is 0.614. The summed E-state index contributed by atoms with van der Waals surface area (Å²) < 4.78 is -0.994. The highest BCUT2D eigenvalue weighted by atomic mass is 32.2. The van der Waals surface area contributed by atoms with E-state index in [0.29, 0.717) is 17.3 Å². The molecule has 0 radical (unpaired) electrons. The molecule has 0 saturated heterocycles. The van der Waals surface area contributed by atoms with E-state index < -0.39 is 10.7 Å². The first kappa shape index (κ1) is 12.8. The minimum absolute atomic E-state index is 0.254. The Balaban J connectivity index is 3.02. The molecule has 1 aromatic rings. The van der Waals surface area contributed by atoms with E-state index in [9.17, 15) is 9.59 Å². The van der Waals surface area contributed by atoms with Crippen molar-refractivity contribution in [3.63, 3.8) is 0 Å². The number of H-pyrrole nitrogens is 1. The molecule has 88 valence electrons. The van der Waals surface area contributed by atoms with Crippen LogP contribution in [0.15, 0.2) is 15.9 Å². The molecule has 6 heteroatoms. The molecule has 0 unspecified atom stereocenters. The van der Waals surface area contributed by atoms with Gasteiger partial charge in [-0.2, -0.15) is 0 Å². The third kappa shape index (κ3) is 3.10. The predicted molar refractivity (Wildman–Crippen MR) is 61.8 cm³/mol. The summed E-state index contributed by atoms with van der Waals surface area (Å²) in [5, 5.41) is 9.40. The highest BCUT2D eigenvalue weighted by Crippen LogP contribution is 2.30. The van der Waals surface area contributed by atoms with Crippen molar-refractivity contribution >= 4 is 17.7 Å². The summed E-state index contributed by atoms with van der Waals surface area (Å²) >= 11 is 1.07. The minimum Gasteiger partial charge on any atom is -0.480 e. The summed E-state index contributed by atoms with van der Waals surface area (Å²) in [6.45, 7) is 5.03. The zero-order valence-corrected chi connectivity index (χ0v) is 10.2. The number of thioether (sulfide) groups is 1. The Hall–Kier alpha value is -1.30. The van der Waals surface area contributed by atoms with Gasteiger partial charge in [0.2, 0.25) is 0 Å². The van der Waals surface area contributed by atoms with Gasteiger partial charge < -0.3 is 10.1 Å². The van der Waals surface area contributed by atoms with Gasteiger partial charge in [-0.05, 0) is 13.8 Å².